The van der Waals surface area contributed by atoms with E-state index in [2.05, 4.69) is 10.3 Å². The standard InChI is InChI=1S/C14H20FN3O3/c1-16-13(19)6-14(20)9-18(4-5-21-10-14)8-12-3-2-11(15)7-17-12/h2-3,7,20H,4-6,8-10H2,1H3,(H,16,19)/t14-/m0/s1. The summed E-state index contributed by atoms with van der Waals surface area (Å²) in [5, 5.41) is 13.0. The van der Waals surface area contributed by atoms with Crippen LogP contribution in [0, 0.1) is 5.82 Å². The molecule has 0 saturated carbocycles. The van der Waals surface area contributed by atoms with E-state index in [1.807, 2.05) is 4.90 Å². The Balaban J connectivity index is 2.02. The minimum absolute atomic E-state index is 0.0170. The highest BCUT2D eigenvalue weighted by Crippen LogP contribution is 2.18. The second-order valence-corrected chi connectivity index (χ2v) is 5.31. The van der Waals surface area contributed by atoms with E-state index < -0.39 is 5.60 Å². The van der Waals surface area contributed by atoms with Gasteiger partial charge in [0.25, 0.3) is 0 Å². The molecule has 6 nitrogen and oxygen atoms in total. The molecular weight excluding hydrogens is 277 g/mol. The van der Waals surface area contributed by atoms with Crippen molar-refractivity contribution >= 4 is 5.91 Å². The number of ether oxygens (including phenoxy) is 1. The van der Waals surface area contributed by atoms with Crippen LogP contribution in [0.4, 0.5) is 4.39 Å². The number of nitrogens with one attached hydrogen (secondary N) is 1. The van der Waals surface area contributed by atoms with Gasteiger partial charge in [0.1, 0.15) is 11.4 Å². The van der Waals surface area contributed by atoms with Crippen molar-refractivity contribution in [2.75, 3.05) is 33.4 Å². The minimum Gasteiger partial charge on any atom is -0.386 e. The first kappa shape index (κ1) is 15.8. The summed E-state index contributed by atoms with van der Waals surface area (Å²) in [6.07, 6.45) is 1.15. The van der Waals surface area contributed by atoms with Gasteiger partial charge < -0.3 is 15.2 Å². The summed E-state index contributed by atoms with van der Waals surface area (Å²) in [5.74, 6) is -0.614. The molecule has 1 aliphatic heterocycles. The van der Waals surface area contributed by atoms with E-state index in [0.717, 1.165) is 0 Å². The first-order valence-corrected chi connectivity index (χ1v) is 6.84. The predicted molar refractivity (Wildman–Crippen MR) is 73.9 cm³/mol. The molecule has 2 N–H and O–H groups in total. The normalized spacial score (nSPS) is 23.6. The molecule has 1 fully saturated rings. The van der Waals surface area contributed by atoms with Crippen molar-refractivity contribution in [1.29, 1.82) is 0 Å². The third-order valence-electron chi connectivity index (χ3n) is 3.38. The van der Waals surface area contributed by atoms with Crippen LogP contribution in [0.2, 0.25) is 0 Å². The van der Waals surface area contributed by atoms with Gasteiger partial charge in [-0.1, -0.05) is 0 Å². The number of carbonyl (C=O) groups is 1. The van der Waals surface area contributed by atoms with E-state index in [4.69, 9.17) is 4.74 Å². The van der Waals surface area contributed by atoms with Gasteiger partial charge >= 0.3 is 0 Å². The lowest BCUT2D eigenvalue weighted by Gasteiger charge is -2.29. The van der Waals surface area contributed by atoms with Gasteiger partial charge in [-0.05, 0) is 12.1 Å². The van der Waals surface area contributed by atoms with Crippen LogP contribution >= 0.6 is 0 Å². The van der Waals surface area contributed by atoms with Crippen molar-refractivity contribution < 1.29 is 19.0 Å². The van der Waals surface area contributed by atoms with Crippen molar-refractivity contribution in [3.63, 3.8) is 0 Å². The lowest BCUT2D eigenvalue weighted by Crippen LogP contribution is -2.47. The molecule has 0 bridgehead atoms. The van der Waals surface area contributed by atoms with Crippen LogP contribution in [-0.2, 0) is 16.1 Å². The van der Waals surface area contributed by atoms with Gasteiger partial charge in [-0.3, -0.25) is 14.7 Å². The number of hydrogen-bond donors (Lipinski definition) is 2. The van der Waals surface area contributed by atoms with Gasteiger partial charge in [-0.2, -0.15) is 0 Å². The van der Waals surface area contributed by atoms with Gasteiger partial charge in [0.2, 0.25) is 5.91 Å². The Bertz CT molecular complexity index is 483. The van der Waals surface area contributed by atoms with E-state index in [0.29, 0.717) is 31.9 Å². The first-order valence-electron chi connectivity index (χ1n) is 6.84. The molecule has 1 aromatic rings. The molecule has 1 saturated heterocycles. The SMILES string of the molecule is CNC(=O)C[C@@]1(O)COCCN(Cc2ccc(F)cn2)C1. The van der Waals surface area contributed by atoms with Gasteiger partial charge in [0, 0.05) is 26.7 Å². The van der Waals surface area contributed by atoms with Gasteiger partial charge in [-0.25, -0.2) is 4.39 Å². The Labute approximate surface area is 122 Å². The lowest BCUT2D eigenvalue weighted by atomic mass is 9.99. The molecule has 116 valence electrons. The number of carbonyl (C=O) groups excluding carboxylic acids is 1. The van der Waals surface area contributed by atoms with Crippen molar-refractivity contribution in [2.24, 2.45) is 0 Å². The van der Waals surface area contributed by atoms with Crippen molar-refractivity contribution in [3.05, 3.63) is 29.8 Å². The van der Waals surface area contributed by atoms with Crippen LogP contribution in [0.3, 0.4) is 0 Å². The number of aromatic nitrogens is 1. The molecule has 0 unspecified atom stereocenters. The highest BCUT2D eigenvalue weighted by Gasteiger charge is 2.34. The van der Waals surface area contributed by atoms with Crippen LogP contribution in [-0.4, -0.2) is 59.8 Å². The van der Waals surface area contributed by atoms with Gasteiger partial charge in [-0.15, -0.1) is 0 Å². The fraction of sp³-hybridized carbons (Fsp3) is 0.571. The second kappa shape index (κ2) is 6.93. The van der Waals surface area contributed by atoms with E-state index >= 15 is 0 Å². The lowest BCUT2D eigenvalue weighted by molar-refractivity contribution is -0.128. The topological polar surface area (TPSA) is 74.7 Å². The highest BCUT2D eigenvalue weighted by molar-refractivity contribution is 5.76. The van der Waals surface area contributed by atoms with Crippen molar-refractivity contribution in [2.45, 2.75) is 18.6 Å². The largest absolute Gasteiger partial charge is 0.386 e. The number of halogens is 1. The van der Waals surface area contributed by atoms with Crippen molar-refractivity contribution in [3.8, 4) is 0 Å². The molecule has 1 aliphatic rings. The summed E-state index contributed by atoms with van der Waals surface area (Å²) in [7, 11) is 1.53. The molecule has 1 atom stereocenters. The average Bonchev–Trinajstić information content (AvgIpc) is 2.63. The smallest absolute Gasteiger partial charge is 0.222 e. The zero-order valence-corrected chi connectivity index (χ0v) is 12.0. The summed E-state index contributed by atoms with van der Waals surface area (Å²) in [5.41, 5.74) is -0.517. The molecule has 0 aromatic carbocycles. The Kier molecular flexibility index (Phi) is 5.22. The molecule has 21 heavy (non-hydrogen) atoms. The first-order chi connectivity index (χ1) is 10.0. The Morgan fingerprint density at radius 2 is 2.43 bits per heavy atom. The van der Waals surface area contributed by atoms with Gasteiger partial charge in [0.15, 0.2) is 0 Å². The van der Waals surface area contributed by atoms with E-state index in [1.165, 1.54) is 19.3 Å². The molecule has 0 radical (unpaired) electrons. The number of amides is 1. The fourth-order valence-corrected chi connectivity index (χ4v) is 2.35. The van der Waals surface area contributed by atoms with Crippen LogP contribution < -0.4 is 5.32 Å². The molecule has 2 rings (SSSR count). The molecular formula is C14H20FN3O3. The number of nitrogens with zero attached hydrogens (tertiary/aromatic N) is 2. The second-order valence-electron chi connectivity index (χ2n) is 5.31. The number of hydrogen-bond acceptors (Lipinski definition) is 5. The monoisotopic (exact) mass is 297 g/mol. The Morgan fingerprint density at radius 3 is 3.10 bits per heavy atom. The third kappa shape index (κ3) is 4.73. The number of β-amino-alcohol motifs (C(OH)–C–C–N with tert-alkyl or cyclic N) is 1. The molecule has 7 heteroatoms. The third-order valence-corrected chi connectivity index (χ3v) is 3.38. The maximum absolute atomic E-state index is 12.9. The number of pyridine rings is 1. The zero-order chi connectivity index (χ0) is 15.3. The molecule has 2 heterocycles. The van der Waals surface area contributed by atoms with Crippen LogP contribution in [0.1, 0.15) is 12.1 Å². The summed E-state index contributed by atoms with van der Waals surface area (Å²) in [4.78, 5) is 17.5. The van der Waals surface area contributed by atoms with E-state index in [-0.39, 0.29) is 24.8 Å². The van der Waals surface area contributed by atoms with Crippen LogP contribution in [0.15, 0.2) is 18.3 Å². The summed E-state index contributed by atoms with van der Waals surface area (Å²) in [6, 6.07) is 2.96. The molecule has 1 amide bonds. The number of rotatable bonds is 4. The van der Waals surface area contributed by atoms with Crippen molar-refractivity contribution in [1.82, 2.24) is 15.2 Å². The zero-order valence-electron chi connectivity index (χ0n) is 12.0. The van der Waals surface area contributed by atoms with Gasteiger partial charge in [0.05, 0.1) is 31.5 Å². The van der Waals surface area contributed by atoms with Crippen LogP contribution in [0.5, 0.6) is 0 Å². The highest BCUT2D eigenvalue weighted by atomic mass is 19.1. The number of aliphatic hydroxyl groups is 1. The fourth-order valence-electron chi connectivity index (χ4n) is 2.35. The average molecular weight is 297 g/mol. The summed E-state index contributed by atoms with van der Waals surface area (Å²) < 4.78 is 18.2. The summed E-state index contributed by atoms with van der Waals surface area (Å²) >= 11 is 0. The maximum atomic E-state index is 12.9. The van der Waals surface area contributed by atoms with E-state index in [9.17, 15) is 14.3 Å². The Morgan fingerprint density at radius 1 is 1.62 bits per heavy atom. The molecule has 0 spiro atoms. The molecule has 0 aliphatic carbocycles. The quantitative estimate of drug-likeness (QED) is 0.813. The van der Waals surface area contributed by atoms with E-state index in [1.54, 1.807) is 6.07 Å². The minimum atomic E-state index is -1.23. The summed E-state index contributed by atoms with van der Waals surface area (Å²) in [6.45, 7) is 1.99. The van der Waals surface area contributed by atoms with Crippen LogP contribution in [0.25, 0.3) is 0 Å². The molecule has 1 aromatic heterocycles. The maximum Gasteiger partial charge on any atom is 0.222 e. The predicted octanol–water partition coefficient (Wildman–Crippen LogP) is -0.0799. The Hall–Kier alpha value is -1.57.